The molecule has 0 amide bonds. The molecule has 1 aromatic rings. The van der Waals surface area contributed by atoms with Crippen molar-refractivity contribution in [1.82, 2.24) is 10.2 Å². The van der Waals surface area contributed by atoms with Gasteiger partial charge in [0.2, 0.25) is 0 Å². The molecule has 1 aliphatic carbocycles. The van der Waals surface area contributed by atoms with Crippen LogP contribution >= 0.6 is 15.9 Å². The van der Waals surface area contributed by atoms with E-state index in [2.05, 4.69) is 64.5 Å². The Balaban J connectivity index is 1.81. The second-order valence-corrected chi connectivity index (χ2v) is 6.66. The molecule has 1 saturated carbocycles. The molecule has 1 aliphatic rings. The summed E-state index contributed by atoms with van der Waals surface area (Å²) in [7, 11) is 4.31. The third-order valence-electron chi connectivity index (χ3n) is 4.19. The maximum atomic E-state index is 3.55. The van der Waals surface area contributed by atoms with Gasteiger partial charge in [-0.25, -0.2) is 0 Å². The molecule has 1 fully saturated rings. The van der Waals surface area contributed by atoms with Gasteiger partial charge in [-0.3, -0.25) is 0 Å². The highest BCUT2D eigenvalue weighted by Gasteiger charge is 2.19. The molecule has 106 valence electrons. The van der Waals surface area contributed by atoms with Crippen molar-refractivity contribution in [2.45, 2.75) is 31.7 Å². The first kappa shape index (κ1) is 15.0. The predicted octanol–water partition coefficient (Wildman–Crippen LogP) is 3.83. The van der Waals surface area contributed by atoms with Crippen LogP contribution in [0, 0.1) is 5.92 Å². The Morgan fingerprint density at radius 1 is 1.42 bits per heavy atom. The molecule has 19 heavy (non-hydrogen) atoms. The first-order valence-corrected chi connectivity index (χ1v) is 8.09. The highest BCUT2D eigenvalue weighted by atomic mass is 79.9. The summed E-state index contributed by atoms with van der Waals surface area (Å²) in [5.74, 6) is 0.962. The zero-order valence-corrected chi connectivity index (χ0v) is 13.6. The second-order valence-electron chi connectivity index (χ2n) is 5.74. The van der Waals surface area contributed by atoms with Crippen LogP contribution in [-0.4, -0.2) is 32.1 Å². The van der Waals surface area contributed by atoms with E-state index >= 15 is 0 Å². The molecule has 2 rings (SSSR count). The average Bonchev–Trinajstić information content (AvgIpc) is 2.35. The lowest BCUT2D eigenvalue weighted by Gasteiger charge is -2.31. The summed E-state index contributed by atoms with van der Waals surface area (Å²) in [5.41, 5.74) is 1.37. The van der Waals surface area contributed by atoms with E-state index in [-0.39, 0.29) is 0 Å². The van der Waals surface area contributed by atoms with Crippen LogP contribution in [0.5, 0.6) is 0 Å². The van der Waals surface area contributed by atoms with Crippen LogP contribution in [0.2, 0.25) is 0 Å². The van der Waals surface area contributed by atoms with E-state index in [0.29, 0.717) is 6.04 Å². The number of hydrogen-bond donors (Lipinski definition) is 1. The van der Waals surface area contributed by atoms with Crippen molar-refractivity contribution < 1.29 is 0 Å². The zero-order valence-electron chi connectivity index (χ0n) is 12.0. The molecule has 0 aromatic heterocycles. The molecular formula is C16H25BrN2. The van der Waals surface area contributed by atoms with Gasteiger partial charge in [0, 0.05) is 17.1 Å². The summed E-state index contributed by atoms with van der Waals surface area (Å²) in [6, 6.07) is 9.06. The number of nitrogens with one attached hydrogen (secondary N) is 1. The second kappa shape index (κ2) is 7.41. The average molecular weight is 325 g/mol. The van der Waals surface area contributed by atoms with Crippen molar-refractivity contribution in [3.8, 4) is 0 Å². The molecule has 1 atom stereocenters. The Morgan fingerprint density at radius 2 is 2.21 bits per heavy atom. The predicted molar refractivity (Wildman–Crippen MR) is 85.4 cm³/mol. The minimum absolute atomic E-state index is 0.446. The smallest absolute Gasteiger partial charge is 0.0330 e. The molecule has 1 unspecified atom stereocenters. The van der Waals surface area contributed by atoms with E-state index < -0.39 is 0 Å². The zero-order chi connectivity index (χ0) is 13.7. The van der Waals surface area contributed by atoms with E-state index in [0.717, 1.165) is 23.4 Å². The lowest BCUT2D eigenvalue weighted by atomic mass is 9.85. The molecule has 0 saturated heterocycles. The Kier molecular flexibility index (Phi) is 5.86. The largest absolute Gasteiger partial charge is 0.313 e. The molecule has 0 aliphatic heterocycles. The molecule has 2 nitrogen and oxygen atoms in total. The van der Waals surface area contributed by atoms with E-state index in [4.69, 9.17) is 0 Å². The fourth-order valence-electron chi connectivity index (χ4n) is 2.76. The topological polar surface area (TPSA) is 15.3 Å². The highest BCUT2D eigenvalue weighted by molar-refractivity contribution is 9.10. The van der Waals surface area contributed by atoms with Crippen molar-refractivity contribution in [2.24, 2.45) is 5.92 Å². The van der Waals surface area contributed by atoms with Gasteiger partial charge in [-0.05, 0) is 63.5 Å². The summed E-state index contributed by atoms with van der Waals surface area (Å²) in [6.45, 7) is 2.43. The van der Waals surface area contributed by atoms with Gasteiger partial charge in [0.1, 0.15) is 0 Å². The number of halogens is 1. The SMILES string of the molecule is CNC(CCN(C)CC1CCC1)c1cccc(Br)c1. The van der Waals surface area contributed by atoms with E-state index in [1.807, 2.05) is 0 Å². The van der Waals surface area contributed by atoms with Gasteiger partial charge in [-0.1, -0.05) is 34.5 Å². The molecule has 3 heteroatoms. The van der Waals surface area contributed by atoms with Gasteiger partial charge in [0.15, 0.2) is 0 Å². The fraction of sp³-hybridized carbons (Fsp3) is 0.625. The highest BCUT2D eigenvalue weighted by Crippen LogP contribution is 2.27. The van der Waals surface area contributed by atoms with E-state index in [1.54, 1.807) is 0 Å². The summed E-state index contributed by atoms with van der Waals surface area (Å²) in [5, 5.41) is 3.43. The Morgan fingerprint density at radius 3 is 2.79 bits per heavy atom. The molecule has 0 bridgehead atoms. The van der Waals surface area contributed by atoms with E-state index in [9.17, 15) is 0 Å². The van der Waals surface area contributed by atoms with Gasteiger partial charge in [0.25, 0.3) is 0 Å². The summed E-state index contributed by atoms with van der Waals surface area (Å²) in [4.78, 5) is 2.49. The standard InChI is InChI=1S/C16H25BrN2/c1-18-16(14-7-4-8-15(17)11-14)9-10-19(2)12-13-5-3-6-13/h4,7-8,11,13,16,18H,3,5-6,9-10,12H2,1-2H3. The van der Waals surface area contributed by atoms with Crippen LogP contribution in [-0.2, 0) is 0 Å². The maximum Gasteiger partial charge on any atom is 0.0330 e. The third-order valence-corrected chi connectivity index (χ3v) is 4.69. The first-order chi connectivity index (χ1) is 9.19. The molecule has 0 radical (unpaired) electrons. The van der Waals surface area contributed by atoms with Gasteiger partial charge < -0.3 is 10.2 Å². The van der Waals surface area contributed by atoms with Gasteiger partial charge >= 0.3 is 0 Å². The Bertz CT molecular complexity index is 390. The maximum absolute atomic E-state index is 3.55. The molecular weight excluding hydrogens is 300 g/mol. The van der Waals surface area contributed by atoms with Crippen molar-refractivity contribution >= 4 is 15.9 Å². The van der Waals surface area contributed by atoms with Crippen LogP contribution in [0.4, 0.5) is 0 Å². The minimum Gasteiger partial charge on any atom is -0.313 e. The molecule has 1 N–H and O–H groups in total. The lowest BCUT2D eigenvalue weighted by molar-refractivity contribution is 0.199. The molecule has 0 heterocycles. The number of benzene rings is 1. The summed E-state index contributed by atoms with van der Waals surface area (Å²) >= 11 is 3.55. The van der Waals surface area contributed by atoms with Crippen LogP contribution < -0.4 is 5.32 Å². The van der Waals surface area contributed by atoms with Crippen LogP contribution in [0.1, 0.15) is 37.3 Å². The fourth-order valence-corrected chi connectivity index (χ4v) is 3.17. The summed E-state index contributed by atoms with van der Waals surface area (Å²) < 4.78 is 1.16. The van der Waals surface area contributed by atoms with Crippen LogP contribution in [0.3, 0.4) is 0 Å². The number of nitrogens with zero attached hydrogens (tertiary/aromatic N) is 1. The quantitative estimate of drug-likeness (QED) is 0.820. The van der Waals surface area contributed by atoms with Gasteiger partial charge in [-0.15, -0.1) is 0 Å². The van der Waals surface area contributed by atoms with Crippen LogP contribution in [0.15, 0.2) is 28.7 Å². The van der Waals surface area contributed by atoms with Crippen molar-refractivity contribution in [3.63, 3.8) is 0 Å². The lowest BCUT2D eigenvalue weighted by Crippen LogP contribution is -2.32. The Labute approximate surface area is 125 Å². The van der Waals surface area contributed by atoms with Crippen molar-refractivity contribution in [3.05, 3.63) is 34.3 Å². The summed E-state index contributed by atoms with van der Waals surface area (Å²) in [6.07, 6.45) is 5.47. The molecule has 0 spiro atoms. The number of hydrogen-bond acceptors (Lipinski definition) is 2. The Hall–Kier alpha value is -0.380. The molecule has 1 aromatic carbocycles. The normalized spacial score (nSPS) is 17.5. The van der Waals surface area contributed by atoms with Crippen molar-refractivity contribution in [2.75, 3.05) is 27.2 Å². The van der Waals surface area contributed by atoms with Gasteiger partial charge in [-0.2, -0.15) is 0 Å². The van der Waals surface area contributed by atoms with E-state index in [1.165, 1.54) is 31.4 Å². The third kappa shape index (κ3) is 4.59. The van der Waals surface area contributed by atoms with Gasteiger partial charge in [0.05, 0.1) is 0 Å². The minimum atomic E-state index is 0.446. The number of rotatable bonds is 7. The first-order valence-electron chi connectivity index (χ1n) is 7.30. The van der Waals surface area contributed by atoms with Crippen LogP contribution in [0.25, 0.3) is 0 Å². The van der Waals surface area contributed by atoms with Crippen molar-refractivity contribution in [1.29, 1.82) is 0 Å². The monoisotopic (exact) mass is 324 g/mol.